The van der Waals surface area contributed by atoms with Crippen LogP contribution in [0, 0.1) is 11.8 Å². The van der Waals surface area contributed by atoms with E-state index in [0.717, 1.165) is 31.2 Å². The van der Waals surface area contributed by atoms with Crippen LogP contribution in [0.4, 0.5) is 0 Å². The van der Waals surface area contributed by atoms with Gasteiger partial charge in [-0.2, -0.15) is 0 Å². The molecule has 3 rings (SSSR count). The van der Waals surface area contributed by atoms with Crippen molar-refractivity contribution in [3.05, 3.63) is 41.8 Å². The fourth-order valence-corrected chi connectivity index (χ4v) is 4.31. The Morgan fingerprint density at radius 1 is 1.14 bits per heavy atom. The minimum Gasteiger partial charge on any atom is -0.408 e. The smallest absolute Gasteiger partial charge is 0.286 e. The summed E-state index contributed by atoms with van der Waals surface area (Å²) in [6.07, 6.45) is 5.68. The van der Waals surface area contributed by atoms with Crippen molar-refractivity contribution >= 4 is 23.5 Å². The maximum atomic E-state index is 13.0. The topological polar surface area (TPSA) is 85.1 Å². The minimum absolute atomic E-state index is 0.00545. The normalized spacial score (nSPS) is 16.0. The van der Waals surface area contributed by atoms with E-state index in [9.17, 15) is 9.59 Å². The number of aromatic nitrogens is 2. The van der Waals surface area contributed by atoms with Crippen molar-refractivity contribution in [3.63, 3.8) is 0 Å². The first kappa shape index (κ1) is 21.6. The van der Waals surface area contributed by atoms with Gasteiger partial charge in [0.25, 0.3) is 11.1 Å². The van der Waals surface area contributed by atoms with E-state index < -0.39 is 6.04 Å². The van der Waals surface area contributed by atoms with Crippen molar-refractivity contribution in [1.82, 2.24) is 15.5 Å². The summed E-state index contributed by atoms with van der Waals surface area (Å²) in [7, 11) is 0. The number of thioether (sulfide) groups is 1. The zero-order chi connectivity index (χ0) is 20.6. The van der Waals surface area contributed by atoms with E-state index in [-0.39, 0.29) is 29.4 Å². The summed E-state index contributed by atoms with van der Waals surface area (Å²) in [4.78, 5) is 25.6. The van der Waals surface area contributed by atoms with Crippen LogP contribution in [0.25, 0.3) is 0 Å². The van der Waals surface area contributed by atoms with Crippen molar-refractivity contribution in [1.29, 1.82) is 0 Å². The Kier molecular flexibility index (Phi) is 7.86. The summed E-state index contributed by atoms with van der Waals surface area (Å²) in [6.45, 7) is 4.06. The van der Waals surface area contributed by atoms with Gasteiger partial charge in [0.15, 0.2) is 0 Å². The number of nitrogens with zero attached hydrogens (tertiary/aromatic N) is 2. The second-order valence-corrected chi connectivity index (χ2v) is 8.96. The zero-order valence-electron chi connectivity index (χ0n) is 17.1. The van der Waals surface area contributed by atoms with E-state index >= 15 is 0 Å². The SMILES string of the molecule is CC(C)C[C@H](NC(=O)C1CCCCC1)C(=O)c1nnc(SCc2ccccc2)o1. The van der Waals surface area contributed by atoms with E-state index in [4.69, 9.17) is 4.42 Å². The first-order valence-corrected chi connectivity index (χ1v) is 11.4. The minimum atomic E-state index is -0.628. The lowest BCUT2D eigenvalue weighted by Crippen LogP contribution is -2.45. The number of carbonyl (C=O) groups is 2. The lowest BCUT2D eigenvalue weighted by atomic mass is 9.88. The number of hydrogen-bond donors (Lipinski definition) is 1. The summed E-state index contributed by atoms with van der Waals surface area (Å²) in [5, 5.41) is 11.3. The molecule has 1 aromatic carbocycles. The largest absolute Gasteiger partial charge is 0.408 e. The summed E-state index contributed by atoms with van der Waals surface area (Å²) < 4.78 is 5.60. The van der Waals surface area contributed by atoms with Gasteiger partial charge in [-0.3, -0.25) is 9.59 Å². The number of nitrogens with one attached hydrogen (secondary N) is 1. The molecule has 2 aromatic rings. The molecule has 1 aliphatic rings. The van der Waals surface area contributed by atoms with Gasteiger partial charge in [-0.15, -0.1) is 10.2 Å². The third-order valence-corrected chi connectivity index (χ3v) is 6.03. The molecular weight excluding hydrogens is 386 g/mol. The molecule has 0 radical (unpaired) electrons. The molecule has 1 heterocycles. The Balaban J connectivity index is 1.62. The van der Waals surface area contributed by atoms with Crippen molar-refractivity contribution in [2.24, 2.45) is 11.8 Å². The van der Waals surface area contributed by atoms with Crippen LogP contribution >= 0.6 is 11.8 Å². The van der Waals surface area contributed by atoms with Crippen molar-refractivity contribution in [3.8, 4) is 0 Å². The molecule has 0 saturated heterocycles. The molecule has 6 nitrogen and oxygen atoms in total. The third kappa shape index (κ3) is 6.42. The van der Waals surface area contributed by atoms with Gasteiger partial charge in [-0.25, -0.2) is 0 Å². The molecule has 0 unspecified atom stereocenters. The van der Waals surface area contributed by atoms with Crippen LogP contribution < -0.4 is 5.32 Å². The Morgan fingerprint density at radius 3 is 2.55 bits per heavy atom. The van der Waals surface area contributed by atoms with Gasteiger partial charge in [-0.05, 0) is 30.7 Å². The van der Waals surface area contributed by atoms with E-state index in [1.807, 2.05) is 44.2 Å². The van der Waals surface area contributed by atoms with E-state index in [1.54, 1.807) is 0 Å². The Labute approximate surface area is 176 Å². The summed E-state index contributed by atoms with van der Waals surface area (Å²) in [5.74, 6) is 0.583. The van der Waals surface area contributed by atoms with Crippen LogP contribution in [-0.4, -0.2) is 27.9 Å². The van der Waals surface area contributed by atoms with Crippen LogP contribution in [0.5, 0.6) is 0 Å². The number of carbonyl (C=O) groups excluding carboxylic acids is 2. The quantitative estimate of drug-likeness (QED) is 0.474. The van der Waals surface area contributed by atoms with Crippen LogP contribution in [0.3, 0.4) is 0 Å². The molecule has 0 aliphatic heterocycles. The first-order valence-electron chi connectivity index (χ1n) is 10.4. The molecular formula is C22H29N3O3S. The highest BCUT2D eigenvalue weighted by Gasteiger charge is 2.30. The zero-order valence-corrected chi connectivity index (χ0v) is 17.9. The molecule has 7 heteroatoms. The van der Waals surface area contributed by atoms with Crippen LogP contribution in [0.1, 0.15) is 68.6 Å². The van der Waals surface area contributed by atoms with E-state index in [2.05, 4.69) is 15.5 Å². The second-order valence-electron chi connectivity index (χ2n) is 8.04. The molecule has 1 fully saturated rings. The lowest BCUT2D eigenvalue weighted by Gasteiger charge is -2.24. The average molecular weight is 416 g/mol. The molecule has 0 bridgehead atoms. The summed E-state index contributed by atoms with van der Waals surface area (Å²) >= 11 is 1.39. The Hall–Kier alpha value is -2.15. The van der Waals surface area contributed by atoms with Crippen LogP contribution in [-0.2, 0) is 10.5 Å². The lowest BCUT2D eigenvalue weighted by molar-refractivity contribution is -0.126. The first-order chi connectivity index (χ1) is 14.0. The van der Waals surface area contributed by atoms with Crippen molar-refractivity contribution < 1.29 is 14.0 Å². The Bertz CT molecular complexity index is 801. The maximum absolute atomic E-state index is 13.0. The summed E-state index contributed by atoms with van der Waals surface area (Å²) in [5.41, 5.74) is 1.14. The van der Waals surface area contributed by atoms with Gasteiger partial charge < -0.3 is 9.73 Å². The van der Waals surface area contributed by atoms with Gasteiger partial charge in [0, 0.05) is 11.7 Å². The number of ketones is 1. The molecule has 1 atom stereocenters. The van der Waals surface area contributed by atoms with Crippen LogP contribution in [0.15, 0.2) is 40.0 Å². The molecule has 1 amide bonds. The second kappa shape index (κ2) is 10.6. The van der Waals surface area contributed by atoms with Gasteiger partial charge in [0.2, 0.25) is 11.7 Å². The predicted octanol–water partition coefficient (Wildman–Crippen LogP) is 4.66. The monoisotopic (exact) mass is 415 g/mol. The van der Waals surface area contributed by atoms with E-state index in [0.29, 0.717) is 17.4 Å². The standard InChI is InChI=1S/C22H29N3O3S/c1-15(2)13-18(23-20(27)17-11-7-4-8-12-17)19(26)21-24-25-22(28-21)29-14-16-9-5-3-6-10-16/h3,5-6,9-10,15,17-18H,4,7-8,11-14H2,1-2H3,(H,23,27)/t18-/m0/s1. The molecule has 1 saturated carbocycles. The fraction of sp³-hybridized carbons (Fsp3) is 0.545. The maximum Gasteiger partial charge on any atom is 0.286 e. The molecule has 156 valence electrons. The average Bonchev–Trinajstić information content (AvgIpc) is 3.21. The van der Waals surface area contributed by atoms with Gasteiger partial charge in [0.05, 0.1) is 6.04 Å². The molecule has 0 spiro atoms. The van der Waals surface area contributed by atoms with Crippen molar-refractivity contribution in [2.75, 3.05) is 0 Å². The molecule has 29 heavy (non-hydrogen) atoms. The highest BCUT2D eigenvalue weighted by atomic mass is 32.2. The van der Waals surface area contributed by atoms with Gasteiger partial charge in [0.1, 0.15) is 0 Å². The number of benzene rings is 1. The third-order valence-electron chi connectivity index (χ3n) is 5.14. The van der Waals surface area contributed by atoms with Crippen LogP contribution in [0.2, 0.25) is 0 Å². The molecule has 1 N–H and O–H groups in total. The highest BCUT2D eigenvalue weighted by molar-refractivity contribution is 7.98. The predicted molar refractivity (Wildman–Crippen MR) is 113 cm³/mol. The van der Waals surface area contributed by atoms with Crippen molar-refractivity contribution in [2.45, 2.75) is 69.4 Å². The highest BCUT2D eigenvalue weighted by Crippen LogP contribution is 2.25. The van der Waals surface area contributed by atoms with Gasteiger partial charge >= 0.3 is 0 Å². The van der Waals surface area contributed by atoms with Gasteiger partial charge in [-0.1, -0.05) is 75.2 Å². The number of rotatable bonds is 9. The number of Topliss-reactive ketones (excluding diaryl/α,β-unsaturated/α-hetero) is 1. The fourth-order valence-electron chi connectivity index (χ4n) is 3.59. The molecule has 1 aromatic heterocycles. The number of amides is 1. The van der Waals surface area contributed by atoms with E-state index in [1.165, 1.54) is 18.2 Å². The summed E-state index contributed by atoms with van der Waals surface area (Å²) in [6, 6.07) is 9.34. The number of hydrogen-bond acceptors (Lipinski definition) is 6. The molecule has 1 aliphatic carbocycles. The Morgan fingerprint density at radius 2 is 1.86 bits per heavy atom.